The van der Waals surface area contributed by atoms with Crippen LogP contribution in [-0.4, -0.2) is 41.8 Å². The van der Waals surface area contributed by atoms with Crippen molar-refractivity contribution >= 4 is 23.4 Å². The van der Waals surface area contributed by atoms with Crippen LogP contribution in [0, 0.1) is 12.3 Å². The summed E-state index contributed by atoms with van der Waals surface area (Å²) in [6.07, 6.45) is 6.84. The van der Waals surface area contributed by atoms with Gasteiger partial charge in [0.1, 0.15) is 6.42 Å². The molecule has 0 radical (unpaired) electrons. The molecule has 0 aliphatic carbocycles. The maximum Gasteiger partial charge on any atom is 0.233 e. The number of benzene rings is 1. The van der Waals surface area contributed by atoms with Gasteiger partial charge in [-0.3, -0.25) is 14.4 Å². The smallest absolute Gasteiger partial charge is 0.233 e. The number of rotatable bonds is 5. The molecular weight excluding hydrogens is 306 g/mol. The fourth-order valence-electron chi connectivity index (χ4n) is 2.79. The fourth-order valence-corrected chi connectivity index (χ4v) is 2.79. The van der Waals surface area contributed by atoms with E-state index in [1.807, 2.05) is 0 Å². The van der Waals surface area contributed by atoms with Gasteiger partial charge in [-0.25, -0.2) is 0 Å². The van der Waals surface area contributed by atoms with Gasteiger partial charge in [0.25, 0.3) is 0 Å². The summed E-state index contributed by atoms with van der Waals surface area (Å²) < 4.78 is 0. The van der Waals surface area contributed by atoms with E-state index in [0.29, 0.717) is 17.8 Å². The largest absolute Gasteiger partial charge is 0.354 e. The van der Waals surface area contributed by atoms with Gasteiger partial charge in [-0.15, -0.1) is 6.42 Å². The SMILES string of the molecule is C#Cc1cccc(NC(=O)CC(=O)NCC2CCCN2C(C)=O)c1. The molecule has 0 aromatic heterocycles. The van der Waals surface area contributed by atoms with E-state index in [0.717, 1.165) is 19.4 Å². The summed E-state index contributed by atoms with van der Waals surface area (Å²) in [7, 11) is 0. The molecule has 2 N–H and O–H groups in total. The van der Waals surface area contributed by atoms with Crippen LogP contribution in [0.1, 0.15) is 31.7 Å². The second kappa shape index (κ2) is 8.16. The molecule has 1 saturated heterocycles. The topological polar surface area (TPSA) is 78.5 Å². The minimum Gasteiger partial charge on any atom is -0.354 e. The third kappa shape index (κ3) is 4.85. The first-order valence-electron chi connectivity index (χ1n) is 7.90. The zero-order chi connectivity index (χ0) is 17.5. The average molecular weight is 327 g/mol. The second-order valence-electron chi connectivity index (χ2n) is 5.76. The van der Waals surface area contributed by atoms with Gasteiger partial charge in [0, 0.05) is 37.3 Å². The van der Waals surface area contributed by atoms with Crippen LogP contribution in [0.3, 0.4) is 0 Å². The number of anilines is 1. The monoisotopic (exact) mass is 327 g/mol. The molecule has 24 heavy (non-hydrogen) atoms. The lowest BCUT2D eigenvalue weighted by molar-refractivity contribution is -0.131. The summed E-state index contributed by atoms with van der Waals surface area (Å²) in [5, 5.41) is 5.37. The summed E-state index contributed by atoms with van der Waals surface area (Å²) in [5.74, 6) is 1.72. The predicted octanol–water partition coefficient (Wildman–Crippen LogP) is 1.12. The van der Waals surface area contributed by atoms with Crippen LogP contribution in [0.4, 0.5) is 5.69 Å². The molecule has 126 valence electrons. The summed E-state index contributed by atoms with van der Waals surface area (Å²) in [5.41, 5.74) is 1.21. The Balaban J connectivity index is 1.78. The van der Waals surface area contributed by atoms with Gasteiger partial charge in [-0.2, -0.15) is 0 Å². The molecule has 1 aromatic rings. The third-order valence-electron chi connectivity index (χ3n) is 3.95. The first kappa shape index (κ1) is 17.5. The highest BCUT2D eigenvalue weighted by atomic mass is 16.2. The molecule has 1 aliphatic rings. The van der Waals surface area contributed by atoms with Crippen LogP contribution in [0.15, 0.2) is 24.3 Å². The molecule has 3 amide bonds. The summed E-state index contributed by atoms with van der Waals surface area (Å²) >= 11 is 0. The maximum atomic E-state index is 11.9. The van der Waals surface area contributed by atoms with Crippen molar-refractivity contribution in [3.05, 3.63) is 29.8 Å². The number of nitrogens with zero attached hydrogens (tertiary/aromatic N) is 1. The Morgan fingerprint density at radius 3 is 2.83 bits per heavy atom. The van der Waals surface area contributed by atoms with Crippen LogP contribution in [0.25, 0.3) is 0 Å². The lowest BCUT2D eigenvalue weighted by Crippen LogP contribution is -2.42. The van der Waals surface area contributed by atoms with E-state index < -0.39 is 5.91 Å². The molecule has 6 heteroatoms. The quantitative estimate of drug-likeness (QED) is 0.628. The van der Waals surface area contributed by atoms with E-state index in [9.17, 15) is 14.4 Å². The number of likely N-dealkylation sites (tertiary alicyclic amines) is 1. The number of carbonyl (C=O) groups is 3. The van der Waals surface area contributed by atoms with E-state index in [4.69, 9.17) is 6.42 Å². The van der Waals surface area contributed by atoms with Crippen molar-refractivity contribution in [1.29, 1.82) is 0 Å². The van der Waals surface area contributed by atoms with Crippen molar-refractivity contribution in [1.82, 2.24) is 10.2 Å². The van der Waals surface area contributed by atoms with Gasteiger partial charge in [0.05, 0.1) is 0 Å². The third-order valence-corrected chi connectivity index (χ3v) is 3.95. The Labute approximate surface area is 141 Å². The molecule has 2 rings (SSSR count). The molecule has 1 fully saturated rings. The van der Waals surface area contributed by atoms with Crippen molar-refractivity contribution in [3.8, 4) is 12.3 Å². The van der Waals surface area contributed by atoms with Gasteiger partial charge in [0.15, 0.2) is 0 Å². The van der Waals surface area contributed by atoms with E-state index >= 15 is 0 Å². The molecule has 0 bridgehead atoms. The van der Waals surface area contributed by atoms with Crippen molar-refractivity contribution in [2.24, 2.45) is 0 Å². The molecule has 1 aromatic carbocycles. The first-order chi connectivity index (χ1) is 11.5. The van der Waals surface area contributed by atoms with Crippen LogP contribution >= 0.6 is 0 Å². The van der Waals surface area contributed by atoms with Crippen LogP contribution in [-0.2, 0) is 14.4 Å². The Bertz CT molecular complexity index is 678. The van der Waals surface area contributed by atoms with Gasteiger partial charge >= 0.3 is 0 Å². The van der Waals surface area contributed by atoms with Crippen LogP contribution < -0.4 is 10.6 Å². The molecule has 6 nitrogen and oxygen atoms in total. The maximum absolute atomic E-state index is 11.9. The number of nitrogens with one attached hydrogen (secondary N) is 2. The minimum absolute atomic E-state index is 0.0119. The summed E-state index contributed by atoms with van der Waals surface area (Å²) in [4.78, 5) is 37.0. The predicted molar refractivity (Wildman–Crippen MR) is 91.0 cm³/mol. The van der Waals surface area contributed by atoms with Crippen molar-refractivity contribution < 1.29 is 14.4 Å². The van der Waals surface area contributed by atoms with Crippen molar-refractivity contribution in [3.63, 3.8) is 0 Å². The van der Waals surface area contributed by atoms with E-state index in [1.165, 1.54) is 6.92 Å². The van der Waals surface area contributed by atoms with E-state index in [-0.39, 0.29) is 24.3 Å². The number of terminal acetylenes is 1. The molecule has 0 spiro atoms. The lowest BCUT2D eigenvalue weighted by Gasteiger charge is -2.23. The molecule has 1 atom stereocenters. The molecule has 1 aliphatic heterocycles. The van der Waals surface area contributed by atoms with Gasteiger partial charge in [-0.05, 0) is 31.0 Å². The summed E-state index contributed by atoms with van der Waals surface area (Å²) in [6, 6.07) is 6.88. The van der Waals surface area contributed by atoms with Crippen molar-refractivity contribution in [2.75, 3.05) is 18.4 Å². The Hall–Kier alpha value is -2.81. The fraction of sp³-hybridized carbons (Fsp3) is 0.389. The number of hydrogen-bond acceptors (Lipinski definition) is 3. The highest BCUT2D eigenvalue weighted by Crippen LogP contribution is 2.16. The highest BCUT2D eigenvalue weighted by molar-refractivity contribution is 6.03. The molecule has 0 saturated carbocycles. The van der Waals surface area contributed by atoms with Gasteiger partial charge < -0.3 is 15.5 Å². The number of carbonyl (C=O) groups excluding carboxylic acids is 3. The van der Waals surface area contributed by atoms with Crippen LogP contribution in [0.5, 0.6) is 0 Å². The minimum atomic E-state index is -0.406. The van der Waals surface area contributed by atoms with Gasteiger partial charge in [0.2, 0.25) is 17.7 Å². The number of hydrogen-bond donors (Lipinski definition) is 2. The standard InChI is InChI=1S/C18H21N3O3/c1-3-14-6-4-7-15(10-14)20-18(24)11-17(23)19-12-16-8-5-9-21(16)13(2)22/h1,4,6-7,10,16H,5,8-9,11-12H2,2H3,(H,19,23)(H,20,24). The zero-order valence-electron chi connectivity index (χ0n) is 13.7. The van der Waals surface area contributed by atoms with E-state index in [1.54, 1.807) is 29.2 Å². The van der Waals surface area contributed by atoms with Crippen molar-refractivity contribution in [2.45, 2.75) is 32.2 Å². The lowest BCUT2D eigenvalue weighted by atomic mass is 10.2. The Morgan fingerprint density at radius 1 is 1.33 bits per heavy atom. The van der Waals surface area contributed by atoms with Gasteiger partial charge in [-0.1, -0.05) is 12.0 Å². The molecular formula is C18H21N3O3. The first-order valence-corrected chi connectivity index (χ1v) is 7.90. The van der Waals surface area contributed by atoms with E-state index in [2.05, 4.69) is 16.6 Å². The molecule has 1 heterocycles. The Kier molecular flexibility index (Phi) is 5.96. The number of amides is 3. The Morgan fingerprint density at radius 2 is 2.12 bits per heavy atom. The summed E-state index contributed by atoms with van der Waals surface area (Å²) in [6.45, 7) is 2.62. The highest BCUT2D eigenvalue weighted by Gasteiger charge is 2.26. The molecule has 1 unspecified atom stereocenters. The van der Waals surface area contributed by atoms with Crippen LogP contribution in [0.2, 0.25) is 0 Å². The average Bonchev–Trinajstić information content (AvgIpc) is 3.01. The second-order valence-corrected chi connectivity index (χ2v) is 5.76. The zero-order valence-corrected chi connectivity index (χ0v) is 13.7. The normalized spacial score (nSPS) is 16.3.